The van der Waals surface area contributed by atoms with Crippen molar-refractivity contribution in [2.45, 2.75) is 27.2 Å². The quantitative estimate of drug-likeness (QED) is 0.753. The molecule has 13 heavy (non-hydrogen) atoms. The van der Waals surface area contributed by atoms with Gasteiger partial charge in [0.15, 0.2) is 0 Å². The van der Waals surface area contributed by atoms with Gasteiger partial charge in [0.1, 0.15) is 11.5 Å². The topological polar surface area (TPSA) is 37.3 Å². The highest BCUT2D eigenvalue weighted by Gasteiger charge is 2.04. The molecular weight excluding hydrogens is 164 g/mol. The number of benzene rings is 1. The minimum absolute atomic E-state index is 0.114. The fraction of sp³-hybridized carbons (Fsp3) is 0.364. The summed E-state index contributed by atoms with van der Waals surface area (Å²) in [7, 11) is 0. The molecule has 1 aromatic carbocycles. The molecule has 0 amide bonds. The van der Waals surface area contributed by atoms with Crippen molar-refractivity contribution < 1.29 is 9.90 Å². The van der Waals surface area contributed by atoms with Crippen LogP contribution >= 0.6 is 0 Å². The summed E-state index contributed by atoms with van der Waals surface area (Å²) in [5.74, 6) is 0.388. The summed E-state index contributed by atoms with van der Waals surface area (Å²) >= 11 is 0. The minimum atomic E-state index is 0.114. The van der Waals surface area contributed by atoms with Gasteiger partial charge in [0.05, 0.1) is 0 Å². The molecular formula is C11H14O2. The number of carbonyl (C=O) groups is 1. The summed E-state index contributed by atoms with van der Waals surface area (Å²) in [4.78, 5) is 10.8. The molecule has 0 bridgehead atoms. The number of hydrogen-bond donors (Lipinski definition) is 1. The normalized spacial score (nSPS) is 10.1. The van der Waals surface area contributed by atoms with Gasteiger partial charge in [0.2, 0.25) is 0 Å². The van der Waals surface area contributed by atoms with Gasteiger partial charge in [-0.15, -0.1) is 0 Å². The summed E-state index contributed by atoms with van der Waals surface area (Å²) in [6.07, 6.45) is 0.397. The molecule has 0 saturated heterocycles. The summed E-state index contributed by atoms with van der Waals surface area (Å²) < 4.78 is 0. The Morgan fingerprint density at radius 3 is 2.46 bits per heavy atom. The average molecular weight is 178 g/mol. The van der Waals surface area contributed by atoms with Gasteiger partial charge in [0.25, 0.3) is 0 Å². The largest absolute Gasteiger partial charge is 0.508 e. The van der Waals surface area contributed by atoms with Gasteiger partial charge in [-0.25, -0.2) is 0 Å². The van der Waals surface area contributed by atoms with E-state index in [1.54, 1.807) is 13.0 Å². The first-order valence-corrected chi connectivity index (χ1v) is 4.29. The lowest BCUT2D eigenvalue weighted by Gasteiger charge is -2.06. The summed E-state index contributed by atoms with van der Waals surface area (Å²) in [6, 6.07) is 3.60. The van der Waals surface area contributed by atoms with Crippen molar-refractivity contribution in [2.24, 2.45) is 0 Å². The molecule has 0 aliphatic heterocycles. The molecule has 0 aliphatic carbocycles. The molecule has 1 rings (SSSR count). The zero-order valence-electron chi connectivity index (χ0n) is 8.22. The van der Waals surface area contributed by atoms with Crippen LogP contribution in [0.3, 0.4) is 0 Å². The second-order valence-corrected chi connectivity index (χ2v) is 3.44. The predicted octanol–water partition coefficient (Wildman–Crippen LogP) is 2.14. The molecule has 0 fully saturated rings. The van der Waals surface area contributed by atoms with E-state index in [1.807, 2.05) is 19.9 Å². The summed E-state index contributed by atoms with van der Waals surface area (Å²) in [5.41, 5.74) is 2.79. The third kappa shape index (κ3) is 2.31. The van der Waals surface area contributed by atoms with Crippen LogP contribution in [-0.4, -0.2) is 10.9 Å². The molecule has 0 radical (unpaired) electrons. The van der Waals surface area contributed by atoms with Crippen molar-refractivity contribution >= 4 is 5.78 Å². The van der Waals surface area contributed by atoms with Gasteiger partial charge < -0.3 is 5.11 Å². The fourth-order valence-corrected chi connectivity index (χ4v) is 1.30. The van der Waals surface area contributed by atoms with Gasteiger partial charge in [-0.1, -0.05) is 6.07 Å². The molecule has 1 aromatic rings. The van der Waals surface area contributed by atoms with Gasteiger partial charge in [0, 0.05) is 6.42 Å². The van der Waals surface area contributed by atoms with Gasteiger partial charge >= 0.3 is 0 Å². The Morgan fingerprint density at radius 2 is 2.00 bits per heavy atom. The first-order valence-electron chi connectivity index (χ1n) is 4.29. The van der Waals surface area contributed by atoms with Crippen LogP contribution < -0.4 is 0 Å². The van der Waals surface area contributed by atoms with Crippen LogP contribution in [0.4, 0.5) is 0 Å². The van der Waals surface area contributed by atoms with E-state index in [0.717, 1.165) is 16.7 Å². The highest BCUT2D eigenvalue weighted by atomic mass is 16.3. The molecule has 1 N–H and O–H groups in total. The molecule has 70 valence electrons. The lowest BCUT2D eigenvalue weighted by molar-refractivity contribution is -0.116. The van der Waals surface area contributed by atoms with Gasteiger partial charge in [-0.3, -0.25) is 4.79 Å². The van der Waals surface area contributed by atoms with Crippen LogP contribution in [-0.2, 0) is 11.2 Å². The van der Waals surface area contributed by atoms with Crippen molar-refractivity contribution in [2.75, 3.05) is 0 Å². The molecule has 0 unspecified atom stereocenters. The van der Waals surface area contributed by atoms with E-state index in [9.17, 15) is 9.90 Å². The number of aromatic hydroxyl groups is 1. The fourth-order valence-electron chi connectivity index (χ4n) is 1.30. The van der Waals surface area contributed by atoms with Crippen LogP contribution in [0.5, 0.6) is 5.75 Å². The van der Waals surface area contributed by atoms with Crippen LogP contribution in [0.25, 0.3) is 0 Å². The van der Waals surface area contributed by atoms with Crippen LogP contribution in [0, 0.1) is 13.8 Å². The van der Waals surface area contributed by atoms with E-state index in [0.29, 0.717) is 6.42 Å². The lowest BCUT2D eigenvalue weighted by Crippen LogP contribution is -1.97. The second-order valence-electron chi connectivity index (χ2n) is 3.44. The molecule has 0 atom stereocenters. The zero-order valence-corrected chi connectivity index (χ0v) is 8.22. The molecule has 0 spiro atoms. The first-order chi connectivity index (χ1) is 6.00. The van der Waals surface area contributed by atoms with Gasteiger partial charge in [-0.05, 0) is 43.5 Å². The molecule has 0 saturated carbocycles. The number of aryl methyl sites for hydroxylation is 1. The summed E-state index contributed by atoms with van der Waals surface area (Å²) in [6.45, 7) is 5.34. The number of rotatable bonds is 2. The highest BCUT2D eigenvalue weighted by molar-refractivity contribution is 5.78. The van der Waals surface area contributed by atoms with Crippen LogP contribution in [0.1, 0.15) is 23.6 Å². The minimum Gasteiger partial charge on any atom is -0.508 e. The molecule has 0 aromatic heterocycles. The lowest BCUT2D eigenvalue weighted by atomic mass is 10.0. The Kier molecular flexibility index (Phi) is 2.71. The van der Waals surface area contributed by atoms with Crippen LogP contribution in [0.2, 0.25) is 0 Å². The van der Waals surface area contributed by atoms with Gasteiger partial charge in [-0.2, -0.15) is 0 Å². The molecule has 0 aliphatic rings. The van der Waals surface area contributed by atoms with E-state index in [4.69, 9.17) is 0 Å². The highest BCUT2D eigenvalue weighted by Crippen LogP contribution is 2.22. The number of ketones is 1. The third-order valence-electron chi connectivity index (χ3n) is 2.15. The zero-order chi connectivity index (χ0) is 10.0. The maximum Gasteiger partial charge on any atom is 0.134 e. The van der Waals surface area contributed by atoms with Crippen LogP contribution in [0.15, 0.2) is 12.1 Å². The average Bonchev–Trinajstić information content (AvgIpc) is 1.98. The molecule has 2 nitrogen and oxygen atoms in total. The first kappa shape index (κ1) is 9.78. The molecule has 0 heterocycles. The number of phenolic OH excluding ortho intramolecular Hbond substituents is 1. The second kappa shape index (κ2) is 3.60. The van der Waals surface area contributed by atoms with E-state index < -0.39 is 0 Å². The SMILES string of the molecule is CC(=O)Cc1cc(C)c(C)c(O)c1. The number of phenols is 1. The maximum atomic E-state index is 10.8. The summed E-state index contributed by atoms with van der Waals surface area (Å²) in [5, 5.41) is 9.48. The van der Waals surface area contributed by atoms with E-state index in [2.05, 4.69) is 0 Å². The molecule has 2 heteroatoms. The Labute approximate surface area is 78.2 Å². The third-order valence-corrected chi connectivity index (χ3v) is 2.15. The van der Waals surface area contributed by atoms with E-state index >= 15 is 0 Å². The Balaban J connectivity index is 3.06. The predicted molar refractivity (Wildman–Crippen MR) is 52.0 cm³/mol. The van der Waals surface area contributed by atoms with E-state index in [-0.39, 0.29) is 11.5 Å². The smallest absolute Gasteiger partial charge is 0.134 e. The standard InChI is InChI=1S/C11H14O2/c1-7-4-10(5-8(2)12)6-11(13)9(7)3/h4,6,13H,5H2,1-3H3. The Morgan fingerprint density at radius 1 is 1.38 bits per heavy atom. The Hall–Kier alpha value is -1.31. The van der Waals surface area contributed by atoms with Crippen molar-refractivity contribution in [3.63, 3.8) is 0 Å². The van der Waals surface area contributed by atoms with E-state index in [1.165, 1.54) is 0 Å². The monoisotopic (exact) mass is 178 g/mol. The van der Waals surface area contributed by atoms with Crippen molar-refractivity contribution in [3.05, 3.63) is 28.8 Å². The van der Waals surface area contributed by atoms with Crippen molar-refractivity contribution in [1.29, 1.82) is 0 Å². The van der Waals surface area contributed by atoms with Crippen molar-refractivity contribution in [1.82, 2.24) is 0 Å². The van der Waals surface area contributed by atoms with Crippen molar-refractivity contribution in [3.8, 4) is 5.75 Å². The Bertz CT molecular complexity index is 317. The number of hydrogen-bond acceptors (Lipinski definition) is 2. The number of carbonyl (C=O) groups excluding carboxylic acids is 1. The number of Topliss-reactive ketones (excluding diaryl/α,β-unsaturated/α-hetero) is 1. The maximum absolute atomic E-state index is 10.8.